The Labute approximate surface area is 108 Å². The zero-order valence-corrected chi connectivity index (χ0v) is 10.4. The average molecular weight is 241 g/mol. The highest BCUT2D eigenvalue weighted by Gasteiger charge is 2.20. The average Bonchev–Trinajstić information content (AvgIpc) is 2.42. The van der Waals surface area contributed by atoms with E-state index in [1.165, 1.54) is 11.1 Å². The van der Waals surface area contributed by atoms with Crippen LogP contribution in [-0.2, 0) is 0 Å². The molecule has 0 fully saturated rings. The molecule has 2 aromatic carbocycles. The summed E-state index contributed by atoms with van der Waals surface area (Å²) in [4.78, 5) is 0. The van der Waals surface area contributed by atoms with Gasteiger partial charge in [-0.25, -0.2) is 0 Å². The molecule has 2 heteroatoms. The van der Waals surface area contributed by atoms with Gasteiger partial charge in [-0.2, -0.15) is 0 Å². The summed E-state index contributed by atoms with van der Waals surface area (Å²) in [5.41, 5.74) is 8.63. The van der Waals surface area contributed by atoms with Crippen molar-refractivity contribution in [2.75, 3.05) is 6.61 Å². The molecular formula is C16H19NO. The van der Waals surface area contributed by atoms with E-state index in [1.807, 2.05) is 36.4 Å². The van der Waals surface area contributed by atoms with Crippen LogP contribution in [0.1, 0.15) is 23.5 Å². The third-order valence-electron chi connectivity index (χ3n) is 3.21. The predicted octanol–water partition coefficient (Wildman–Crippen LogP) is 2.53. The van der Waals surface area contributed by atoms with E-state index in [2.05, 4.69) is 24.3 Å². The Hall–Kier alpha value is -1.64. The van der Waals surface area contributed by atoms with Gasteiger partial charge in [0.15, 0.2) is 0 Å². The second-order valence-electron chi connectivity index (χ2n) is 4.48. The first kappa shape index (κ1) is 12.8. The van der Waals surface area contributed by atoms with Crippen molar-refractivity contribution in [3.05, 3.63) is 71.8 Å². The quantitative estimate of drug-likeness (QED) is 0.845. The van der Waals surface area contributed by atoms with Gasteiger partial charge in [-0.05, 0) is 17.5 Å². The summed E-state index contributed by atoms with van der Waals surface area (Å²) in [6.45, 7) is 0.122. The zero-order valence-electron chi connectivity index (χ0n) is 10.4. The standard InChI is InChI=1S/C16H19NO/c17-15(11-12-18)16(13-7-3-1-4-8-13)14-9-5-2-6-10-14/h1-10,15-16,18H,11-12,17H2. The minimum Gasteiger partial charge on any atom is -0.396 e. The first-order valence-corrected chi connectivity index (χ1v) is 6.29. The first-order valence-electron chi connectivity index (χ1n) is 6.29. The number of hydrogen-bond donors (Lipinski definition) is 2. The number of hydrogen-bond acceptors (Lipinski definition) is 2. The maximum Gasteiger partial charge on any atom is 0.0446 e. The third-order valence-corrected chi connectivity index (χ3v) is 3.21. The predicted molar refractivity (Wildman–Crippen MR) is 74.4 cm³/mol. The Kier molecular flexibility index (Phi) is 4.51. The number of aliphatic hydroxyl groups excluding tert-OH is 1. The molecule has 0 amide bonds. The van der Waals surface area contributed by atoms with Gasteiger partial charge in [0.05, 0.1) is 0 Å². The monoisotopic (exact) mass is 241 g/mol. The third kappa shape index (κ3) is 2.97. The Morgan fingerprint density at radius 3 is 1.67 bits per heavy atom. The van der Waals surface area contributed by atoms with E-state index in [1.54, 1.807) is 0 Å². The smallest absolute Gasteiger partial charge is 0.0446 e. The minimum absolute atomic E-state index is 0.0696. The van der Waals surface area contributed by atoms with Gasteiger partial charge < -0.3 is 10.8 Å². The summed E-state index contributed by atoms with van der Waals surface area (Å²) in [6, 6.07) is 20.4. The lowest BCUT2D eigenvalue weighted by molar-refractivity contribution is 0.271. The normalized spacial score (nSPS) is 12.6. The summed E-state index contributed by atoms with van der Waals surface area (Å²) in [6.07, 6.45) is 0.606. The highest BCUT2D eigenvalue weighted by molar-refractivity contribution is 5.34. The molecule has 1 atom stereocenters. The maximum atomic E-state index is 9.10. The van der Waals surface area contributed by atoms with E-state index in [9.17, 15) is 0 Å². The molecule has 1 unspecified atom stereocenters. The summed E-state index contributed by atoms with van der Waals surface area (Å²) >= 11 is 0. The lowest BCUT2D eigenvalue weighted by Crippen LogP contribution is -2.30. The van der Waals surface area contributed by atoms with Crippen molar-refractivity contribution in [1.29, 1.82) is 0 Å². The van der Waals surface area contributed by atoms with Crippen LogP contribution < -0.4 is 5.73 Å². The number of rotatable bonds is 5. The van der Waals surface area contributed by atoms with Crippen molar-refractivity contribution >= 4 is 0 Å². The number of benzene rings is 2. The zero-order chi connectivity index (χ0) is 12.8. The molecule has 2 nitrogen and oxygen atoms in total. The van der Waals surface area contributed by atoms with Crippen LogP contribution in [0.5, 0.6) is 0 Å². The molecule has 3 N–H and O–H groups in total. The molecule has 0 saturated carbocycles. The molecular weight excluding hydrogens is 222 g/mol. The Balaban J connectivity index is 2.35. The van der Waals surface area contributed by atoms with E-state index in [0.717, 1.165) is 0 Å². The molecule has 0 aromatic heterocycles. The van der Waals surface area contributed by atoms with Gasteiger partial charge in [-0.15, -0.1) is 0 Å². The lowest BCUT2D eigenvalue weighted by Gasteiger charge is -2.24. The molecule has 0 saturated heterocycles. The largest absolute Gasteiger partial charge is 0.396 e. The van der Waals surface area contributed by atoms with Crippen molar-refractivity contribution in [2.24, 2.45) is 5.73 Å². The van der Waals surface area contributed by atoms with E-state index >= 15 is 0 Å². The molecule has 0 aliphatic rings. The van der Waals surface area contributed by atoms with Gasteiger partial charge in [0.25, 0.3) is 0 Å². The summed E-state index contributed by atoms with van der Waals surface area (Å²) in [5, 5.41) is 9.10. The van der Waals surface area contributed by atoms with Gasteiger partial charge in [0, 0.05) is 18.6 Å². The number of nitrogens with two attached hydrogens (primary N) is 1. The summed E-state index contributed by atoms with van der Waals surface area (Å²) in [7, 11) is 0. The summed E-state index contributed by atoms with van der Waals surface area (Å²) in [5.74, 6) is 0.138. The van der Waals surface area contributed by atoms with Crippen LogP contribution in [-0.4, -0.2) is 17.8 Å². The first-order chi connectivity index (χ1) is 8.83. The van der Waals surface area contributed by atoms with E-state index in [4.69, 9.17) is 10.8 Å². The molecule has 0 aliphatic carbocycles. The van der Waals surface area contributed by atoms with Gasteiger partial charge in [0.2, 0.25) is 0 Å². The SMILES string of the molecule is NC(CCO)C(c1ccccc1)c1ccccc1. The second kappa shape index (κ2) is 6.34. The van der Waals surface area contributed by atoms with Gasteiger partial charge >= 0.3 is 0 Å². The number of aliphatic hydroxyl groups is 1. The maximum absolute atomic E-state index is 9.10. The second-order valence-corrected chi connectivity index (χ2v) is 4.48. The summed E-state index contributed by atoms with van der Waals surface area (Å²) < 4.78 is 0. The fourth-order valence-corrected chi connectivity index (χ4v) is 2.32. The fraction of sp³-hybridized carbons (Fsp3) is 0.250. The molecule has 18 heavy (non-hydrogen) atoms. The van der Waals surface area contributed by atoms with Crippen LogP contribution in [0, 0.1) is 0 Å². The Bertz CT molecular complexity index is 416. The van der Waals surface area contributed by atoms with Crippen LogP contribution in [0.3, 0.4) is 0 Å². The molecule has 0 heterocycles. The van der Waals surface area contributed by atoms with Crippen LogP contribution in [0.2, 0.25) is 0 Å². The molecule has 0 radical (unpaired) electrons. The topological polar surface area (TPSA) is 46.2 Å². The van der Waals surface area contributed by atoms with Crippen LogP contribution in [0.25, 0.3) is 0 Å². The molecule has 2 rings (SSSR count). The Morgan fingerprint density at radius 1 is 0.833 bits per heavy atom. The van der Waals surface area contributed by atoms with E-state index in [-0.39, 0.29) is 18.6 Å². The lowest BCUT2D eigenvalue weighted by atomic mass is 9.84. The molecule has 0 spiro atoms. The molecule has 0 bridgehead atoms. The minimum atomic E-state index is -0.0696. The van der Waals surface area contributed by atoms with E-state index < -0.39 is 0 Å². The van der Waals surface area contributed by atoms with Crippen molar-refractivity contribution in [3.8, 4) is 0 Å². The van der Waals surface area contributed by atoms with Crippen LogP contribution >= 0.6 is 0 Å². The van der Waals surface area contributed by atoms with Gasteiger partial charge in [-0.1, -0.05) is 60.7 Å². The van der Waals surface area contributed by atoms with Crippen LogP contribution in [0.15, 0.2) is 60.7 Å². The van der Waals surface area contributed by atoms with Crippen molar-refractivity contribution < 1.29 is 5.11 Å². The van der Waals surface area contributed by atoms with Crippen molar-refractivity contribution in [1.82, 2.24) is 0 Å². The van der Waals surface area contributed by atoms with Crippen molar-refractivity contribution in [2.45, 2.75) is 18.4 Å². The highest BCUT2D eigenvalue weighted by Crippen LogP contribution is 2.28. The van der Waals surface area contributed by atoms with Crippen LogP contribution in [0.4, 0.5) is 0 Å². The van der Waals surface area contributed by atoms with E-state index in [0.29, 0.717) is 6.42 Å². The molecule has 2 aromatic rings. The molecule has 0 aliphatic heterocycles. The van der Waals surface area contributed by atoms with Crippen molar-refractivity contribution in [3.63, 3.8) is 0 Å². The van der Waals surface area contributed by atoms with Gasteiger partial charge in [-0.3, -0.25) is 0 Å². The van der Waals surface area contributed by atoms with Gasteiger partial charge in [0.1, 0.15) is 0 Å². The Morgan fingerprint density at radius 2 is 1.28 bits per heavy atom. The fourth-order valence-electron chi connectivity index (χ4n) is 2.32. The highest BCUT2D eigenvalue weighted by atomic mass is 16.3. The molecule has 94 valence electrons.